The highest BCUT2D eigenvalue weighted by molar-refractivity contribution is 5.44. The first-order chi connectivity index (χ1) is 5.52. The van der Waals surface area contributed by atoms with Crippen LogP contribution in [-0.4, -0.2) is 4.92 Å². The molecule has 0 heterocycles. The summed E-state index contributed by atoms with van der Waals surface area (Å²) in [5.74, 6) is -0.565. The van der Waals surface area contributed by atoms with Crippen LogP contribution in [0.3, 0.4) is 0 Å². The third-order valence-corrected chi connectivity index (χ3v) is 1.80. The summed E-state index contributed by atoms with van der Waals surface area (Å²) in [7, 11) is 0. The fourth-order valence-corrected chi connectivity index (χ4v) is 0.987. The highest BCUT2D eigenvalue weighted by Gasteiger charge is 2.13. The lowest BCUT2D eigenvalue weighted by Crippen LogP contribution is -1.95. The Morgan fingerprint density at radius 1 is 1.42 bits per heavy atom. The Morgan fingerprint density at radius 2 is 2.00 bits per heavy atom. The predicted molar refractivity (Wildman–Crippen MR) is 42.5 cm³/mol. The Labute approximate surface area is 69.0 Å². The van der Waals surface area contributed by atoms with Gasteiger partial charge in [-0.05, 0) is 25.5 Å². The van der Waals surface area contributed by atoms with Gasteiger partial charge < -0.3 is 0 Å². The normalized spacial score (nSPS) is 9.92. The number of nitrogens with zero attached hydrogens (tertiary/aromatic N) is 1. The van der Waals surface area contributed by atoms with E-state index in [4.69, 9.17) is 0 Å². The van der Waals surface area contributed by atoms with Gasteiger partial charge in [-0.3, -0.25) is 10.1 Å². The molecule has 4 heteroatoms. The minimum absolute atomic E-state index is 0.160. The summed E-state index contributed by atoms with van der Waals surface area (Å²) >= 11 is 0. The lowest BCUT2D eigenvalue weighted by molar-refractivity contribution is -0.385. The molecule has 0 aliphatic carbocycles. The second-order valence-electron chi connectivity index (χ2n) is 2.62. The zero-order chi connectivity index (χ0) is 9.30. The van der Waals surface area contributed by atoms with Crippen LogP contribution in [0.15, 0.2) is 12.1 Å². The van der Waals surface area contributed by atoms with Crippen molar-refractivity contribution < 1.29 is 9.31 Å². The molecule has 0 radical (unpaired) electrons. The van der Waals surface area contributed by atoms with E-state index in [2.05, 4.69) is 0 Å². The van der Waals surface area contributed by atoms with Crippen LogP contribution >= 0.6 is 0 Å². The van der Waals surface area contributed by atoms with Crippen molar-refractivity contribution in [3.8, 4) is 0 Å². The van der Waals surface area contributed by atoms with Gasteiger partial charge in [-0.1, -0.05) is 0 Å². The molecule has 1 aromatic rings. The van der Waals surface area contributed by atoms with Crippen molar-refractivity contribution in [2.45, 2.75) is 13.8 Å². The van der Waals surface area contributed by atoms with Crippen molar-refractivity contribution in [3.05, 3.63) is 39.2 Å². The molecule has 0 N–H and O–H groups in total. The average molecular weight is 169 g/mol. The zero-order valence-corrected chi connectivity index (χ0v) is 6.80. The van der Waals surface area contributed by atoms with Gasteiger partial charge in [0.2, 0.25) is 0 Å². The number of nitro groups is 1. The van der Waals surface area contributed by atoms with E-state index in [1.807, 2.05) is 0 Å². The summed E-state index contributed by atoms with van der Waals surface area (Å²) in [5, 5.41) is 10.4. The van der Waals surface area contributed by atoms with E-state index in [1.54, 1.807) is 13.8 Å². The van der Waals surface area contributed by atoms with E-state index in [1.165, 1.54) is 6.07 Å². The van der Waals surface area contributed by atoms with E-state index in [-0.39, 0.29) is 5.69 Å². The van der Waals surface area contributed by atoms with Crippen LogP contribution in [0.2, 0.25) is 0 Å². The van der Waals surface area contributed by atoms with Crippen LogP contribution in [0.1, 0.15) is 11.1 Å². The van der Waals surface area contributed by atoms with E-state index < -0.39 is 10.7 Å². The van der Waals surface area contributed by atoms with Crippen LogP contribution in [0.4, 0.5) is 10.1 Å². The summed E-state index contributed by atoms with van der Waals surface area (Å²) < 4.78 is 12.7. The van der Waals surface area contributed by atoms with Crippen molar-refractivity contribution in [1.82, 2.24) is 0 Å². The van der Waals surface area contributed by atoms with Crippen LogP contribution in [0.5, 0.6) is 0 Å². The quantitative estimate of drug-likeness (QED) is 0.478. The van der Waals surface area contributed by atoms with E-state index in [9.17, 15) is 14.5 Å². The molecule has 0 atom stereocenters. The van der Waals surface area contributed by atoms with Gasteiger partial charge in [-0.2, -0.15) is 0 Å². The van der Waals surface area contributed by atoms with Gasteiger partial charge in [0, 0.05) is 5.56 Å². The van der Waals surface area contributed by atoms with Crippen LogP contribution in [0, 0.1) is 29.8 Å². The van der Waals surface area contributed by atoms with Gasteiger partial charge in [0.15, 0.2) is 0 Å². The van der Waals surface area contributed by atoms with Gasteiger partial charge in [-0.25, -0.2) is 4.39 Å². The van der Waals surface area contributed by atoms with Gasteiger partial charge >= 0.3 is 0 Å². The molecular formula is C8H8FNO2. The SMILES string of the molecule is Cc1cc(F)cc([N+](=O)[O-])c1C. The monoisotopic (exact) mass is 169 g/mol. The first kappa shape index (κ1) is 8.64. The van der Waals surface area contributed by atoms with Crippen LogP contribution in [-0.2, 0) is 0 Å². The lowest BCUT2D eigenvalue weighted by Gasteiger charge is -2.00. The van der Waals surface area contributed by atoms with Gasteiger partial charge in [0.05, 0.1) is 11.0 Å². The minimum Gasteiger partial charge on any atom is -0.258 e. The molecule has 64 valence electrons. The van der Waals surface area contributed by atoms with Gasteiger partial charge in [0.25, 0.3) is 5.69 Å². The Bertz CT molecular complexity index is 336. The van der Waals surface area contributed by atoms with Crippen molar-refractivity contribution in [2.75, 3.05) is 0 Å². The van der Waals surface area contributed by atoms with Gasteiger partial charge in [-0.15, -0.1) is 0 Å². The summed E-state index contributed by atoms with van der Waals surface area (Å²) in [6.45, 7) is 3.25. The van der Waals surface area contributed by atoms with Crippen LogP contribution < -0.4 is 0 Å². The smallest absolute Gasteiger partial charge is 0.258 e. The molecule has 0 aliphatic heterocycles. The third kappa shape index (κ3) is 1.42. The number of nitro benzene ring substituents is 1. The number of rotatable bonds is 1. The molecule has 12 heavy (non-hydrogen) atoms. The molecule has 1 aromatic carbocycles. The van der Waals surface area contributed by atoms with Gasteiger partial charge in [0.1, 0.15) is 5.82 Å². The molecule has 0 amide bonds. The molecule has 0 fully saturated rings. The molecular weight excluding hydrogens is 161 g/mol. The maximum absolute atomic E-state index is 12.7. The van der Waals surface area contributed by atoms with Crippen molar-refractivity contribution >= 4 is 5.69 Å². The van der Waals surface area contributed by atoms with Crippen molar-refractivity contribution in [1.29, 1.82) is 0 Å². The summed E-state index contributed by atoms with van der Waals surface area (Å²) in [6.07, 6.45) is 0. The van der Waals surface area contributed by atoms with Crippen LogP contribution in [0.25, 0.3) is 0 Å². The highest BCUT2D eigenvalue weighted by Crippen LogP contribution is 2.22. The molecule has 1 rings (SSSR count). The number of halogens is 1. The number of hydrogen-bond acceptors (Lipinski definition) is 2. The number of benzene rings is 1. The third-order valence-electron chi connectivity index (χ3n) is 1.80. The summed E-state index contributed by atoms with van der Waals surface area (Å²) in [6, 6.07) is 2.21. The second kappa shape index (κ2) is 2.89. The fourth-order valence-electron chi connectivity index (χ4n) is 0.987. The fraction of sp³-hybridized carbons (Fsp3) is 0.250. The average Bonchev–Trinajstić information content (AvgIpc) is 1.96. The Balaban J connectivity index is 3.37. The van der Waals surface area contributed by atoms with E-state index in [0.29, 0.717) is 11.1 Å². The standard InChI is InChI=1S/C8H8FNO2/c1-5-3-7(9)4-8(6(5)2)10(11)12/h3-4H,1-2H3. The first-order valence-corrected chi connectivity index (χ1v) is 3.43. The Hall–Kier alpha value is -1.45. The first-order valence-electron chi connectivity index (χ1n) is 3.43. The summed E-state index contributed by atoms with van der Waals surface area (Å²) in [4.78, 5) is 9.79. The van der Waals surface area contributed by atoms with E-state index in [0.717, 1.165) is 6.07 Å². The lowest BCUT2D eigenvalue weighted by atomic mass is 10.1. The predicted octanol–water partition coefficient (Wildman–Crippen LogP) is 2.35. The van der Waals surface area contributed by atoms with Crippen molar-refractivity contribution in [3.63, 3.8) is 0 Å². The maximum Gasteiger partial charge on any atom is 0.275 e. The topological polar surface area (TPSA) is 43.1 Å². The maximum atomic E-state index is 12.7. The highest BCUT2D eigenvalue weighted by atomic mass is 19.1. The van der Waals surface area contributed by atoms with Crippen molar-refractivity contribution in [2.24, 2.45) is 0 Å². The Morgan fingerprint density at radius 3 is 2.50 bits per heavy atom. The second-order valence-corrected chi connectivity index (χ2v) is 2.62. The molecule has 0 unspecified atom stereocenters. The minimum atomic E-state index is -0.578. The number of aryl methyl sites for hydroxylation is 1. The molecule has 0 bridgehead atoms. The molecule has 3 nitrogen and oxygen atoms in total. The molecule has 0 saturated heterocycles. The number of hydrogen-bond donors (Lipinski definition) is 0. The molecule has 0 aromatic heterocycles. The Kier molecular flexibility index (Phi) is 2.08. The molecule has 0 saturated carbocycles. The van der Waals surface area contributed by atoms with E-state index >= 15 is 0 Å². The molecule has 0 spiro atoms. The molecule has 0 aliphatic rings. The zero-order valence-electron chi connectivity index (χ0n) is 6.80. The summed E-state index contributed by atoms with van der Waals surface area (Å²) in [5.41, 5.74) is 0.954. The largest absolute Gasteiger partial charge is 0.275 e.